The van der Waals surface area contributed by atoms with Crippen LogP contribution in [0.15, 0.2) is 12.2 Å². The van der Waals surface area contributed by atoms with E-state index in [1.165, 1.54) is 122 Å². The largest absolute Gasteiger partial charge is 0.472 e. The summed E-state index contributed by atoms with van der Waals surface area (Å²) in [4.78, 5) is 48.3. The predicted molar refractivity (Wildman–Crippen MR) is 248 cm³/mol. The number of amides is 1. The number of unbranched alkanes of at least 4 members (excludes halogenated alkanes) is 29. The van der Waals surface area contributed by atoms with Gasteiger partial charge in [-0.2, -0.15) is 0 Å². The van der Waals surface area contributed by atoms with Gasteiger partial charge in [-0.15, -0.1) is 0 Å². The maximum Gasteiger partial charge on any atom is 0.472 e. The average Bonchev–Trinajstić information content (AvgIpc) is 3.23. The highest BCUT2D eigenvalue weighted by atomic mass is 31.2. The lowest BCUT2D eigenvalue weighted by Crippen LogP contribution is -2.40. The van der Waals surface area contributed by atoms with Crippen LogP contribution in [0.3, 0.4) is 0 Å². The minimum Gasteiger partial charge on any atom is -0.457 e. The molecule has 0 aromatic carbocycles. The van der Waals surface area contributed by atoms with Crippen molar-refractivity contribution in [3.8, 4) is 0 Å². The molecule has 354 valence electrons. The molecule has 0 spiro atoms. The molecule has 60 heavy (non-hydrogen) atoms. The number of ether oxygens (including phenoxy) is 1. The Morgan fingerprint density at radius 1 is 0.533 bits per heavy atom. The predicted octanol–water partition coefficient (Wildman–Crippen LogP) is 13.7. The first-order chi connectivity index (χ1) is 29.2. The van der Waals surface area contributed by atoms with Gasteiger partial charge in [0.2, 0.25) is 5.91 Å². The van der Waals surface area contributed by atoms with Crippen LogP contribution >= 0.6 is 7.82 Å². The average molecular weight is 872 g/mol. The Morgan fingerprint density at radius 2 is 0.917 bits per heavy atom. The van der Waals surface area contributed by atoms with Crippen molar-refractivity contribution < 1.29 is 42.7 Å². The Bertz CT molecular complexity index is 1070. The lowest BCUT2D eigenvalue weighted by atomic mass is 10.0. The second-order valence-corrected chi connectivity index (χ2v) is 18.5. The standard InChI is InChI=1S/C49H94NO9P/c1-4-7-10-13-16-18-20-22-23-25-26-28-31-33-36-39-45(51)49(54)46(59-48(53)41-38-35-32-29-27-24-21-19-17-14-11-8-5-2)44-58-60(55,56)57-43-42-50-47(52)40-37-34-30-15-12-9-6-3/h22-23,46,49,54H,4-21,24-44H2,1-3H3,(H,50,52)(H,55,56)/b23-22-/t46-,49?/m0/s1. The molecular formula is C49H94NO9P. The molecule has 0 saturated heterocycles. The van der Waals surface area contributed by atoms with Crippen LogP contribution in [0.1, 0.15) is 252 Å². The quantitative estimate of drug-likeness (QED) is 0.0235. The highest BCUT2D eigenvalue weighted by Crippen LogP contribution is 2.43. The lowest BCUT2D eigenvalue weighted by molar-refractivity contribution is -0.161. The summed E-state index contributed by atoms with van der Waals surface area (Å²) in [5.41, 5.74) is 0. The molecule has 0 rings (SSSR count). The van der Waals surface area contributed by atoms with Gasteiger partial charge in [-0.1, -0.05) is 200 Å². The third-order valence-electron chi connectivity index (χ3n) is 11.2. The van der Waals surface area contributed by atoms with E-state index in [9.17, 15) is 28.9 Å². The molecule has 0 saturated carbocycles. The number of ketones is 1. The fraction of sp³-hybridized carbons (Fsp3) is 0.898. The molecule has 10 nitrogen and oxygen atoms in total. The zero-order valence-electron chi connectivity index (χ0n) is 39.1. The van der Waals surface area contributed by atoms with Crippen LogP contribution in [-0.4, -0.2) is 59.6 Å². The SMILES string of the molecule is CCCCCCCC/C=C\CCCCCCCC(=O)C(O)[C@H](COP(=O)(O)OCCNC(=O)CCCCCCCCC)OC(=O)CCCCCCCCCCCCCCC. The Morgan fingerprint density at radius 3 is 1.37 bits per heavy atom. The Labute approximate surface area is 368 Å². The first-order valence-corrected chi connectivity index (χ1v) is 26.6. The molecule has 11 heteroatoms. The van der Waals surface area contributed by atoms with Gasteiger partial charge >= 0.3 is 13.8 Å². The van der Waals surface area contributed by atoms with Crippen molar-refractivity contribution in [2.24, 2.45) is 0 Å². The number of phosphoric acid groups is 1. The van der Waals surface area contributed by atoms with E-state index in [-0.39, 0.29) is 31.9 Å². The number of hydrogen-bond acceptors (Lipinski definition) is 8. The zero-order chi connectivity index (χ0) is 44.2. The van der Waals surface area contributed by atoms with E-state index in [1.54, 1.807) is 0 Å². The van der Waals surface area contributed by atoms with E-state index in [0.717, 1.165) is 77.0 Å². The van der Waals surface area contributed by atoms with E-state index in [0.29, 0.717) is 19.3 Å². The fourth-order valence-electron chi connectivity index (χ4n) is 7.32. The number of esters is 1. The van der Waals surface area contributed by atoms with Crippen LogP contribution in [-0.2, 0) is 32.7 Å². The smallest absolute Gasteiger partial charge is 0.457 e. The zero-order valence-corrected chi connectivity index (χ0v) is 40.0. The van der Waals surface area contributed by atoms with E-state index < -0.39 is 38.4 Å². The first kappa shape index (κ1) is 58.4. The summed E-state index contributed by atoms with van der Waals surface area (Å²) in [5, 5.41) is 13.7. The van der Waals surface area contributed by atoms with Gasteiger partial charge in [0.1, 0.15) is 0 Å². The molecule has 0 aliphatic carbocycles. The van der Waals surface area contributed by atoms with E-state index >= 15 is 0 Å². The molecule has 2 unspecified atom stereocenters. The number of phosphoric ester groups is 1. The molecule has 0 bridgehead atoms. The second-order valence-electron chi connectivity index (χ2n) is 17.1. The van der Waals surface area contributed by atoms with Crippen LogP contribution < -0.4 is 5.32 Å². The molecule has 3 N–H and O–H groups in total. The number of rotatable bonds is 47. The van der Waals surface area contributed by atoms with Gasteiger partial charge in [0.25, 0.3) is 0 Å². The molecule has 0 heterocycles. The summed E-state index contributed by atoms with van der Waals surface area (Å²) in [7, 11) is -4.63. The first-order valence-electron chi connectivity index (χ1n) is 25.1. The van der Waals surface area contributed by atoms with Crippen molar-refractivity contribution in [2.45, 2.75) is 264 Å². The summed E-state index contributed by atoms with van der Waals surface area (Å²) in [6, 6.07) is 0. The topological polar surface area (TPSA) is 148 Å². The van der Waals surface area contributed by atoms with Gasteiger partial charge in [-0.05, 0) is 44.9 Å². The Kier molecular flexibility index (Phi) is 42.9. The molecule has 0 radical (unpaired) electrons. The van der Waals surface area contributed by atoms with Crippen LogP contribution in [0.4, 0.5) is 0 Å². The van der Waals surface area contributed by atoms with Gasteiger partial charge in [-0.25, -0.2) is 4.57 Å². The highest BCUT2D eigenvalue weighted by molar-refractivity contribution is 7.47. The van der Waals surface area contributed by atoms with Crippen molar-refractivity contribution in [3.63, 3.8) is 0 Å². The molecule has 0 aliphatic heterocycles. The third kappa shape index (κ3) is 40.5. The van der Waals surface area contributed by atoms with Gasteiger partial charge in [-0.3, -0.25) is 23.4 Å². The molecule has 1 amide bonds. The number of nitrogens with one attached hydrogen (secondary N) is 1. The highest BCUT2D eigenvalue weighted by Gasteiger charge is 2.33. The number of allylic oxidation sites excluding steroid dienone is 2. The fourth-order valence-corrected chi connectivity index (χ4v) is 8.05. The second kappa shape index (κ2) is 44.0. The van der Waals surface area contributed by atoms with Gasteiger partial charge < -0.3 is 20.1 Å². The van der Waals surface area contributed by atoms with E-state index in [4.69, 9.17) is 13.8 Å². The van der Waals surface area contributed by atoms with E-state index in [1.807, 2.05) is 0 Å². The third-order valence-corrected chi connectivity index (χ3v) is 12.2. The van der Waals surface area contributed by atoms with Crippen LogP contribution in [0.5, 0.6) is 0 Å². The molecule has 0 aliphatic rings. The monoisotopic (exact) mass is 872 g/mol. The van der Waals surface area contributed by atoms with Gasteiger partial charge in [0.15, 0.2) is 18.0 Å². The molecular weight excluding hydrogens is 778 g/mol. The molecule has 0 fully saturated rings. The molecule has 0 aromatic rings. The number of aliphatic hydroxyl groups excluding tert-OH is 1. The number of aliphatic hydroxyl groups is 1. The maximum atomic E-state index is 13.0. The van der Waals surface area contributed by atoms with Crippen molar-refractivity contribution in [1.29, 1.82) is 0 Å². The maximum absolute atomic E-state index is 13.0. The molecule has 0 aromatic heterocycles. The van der Waals surface area contributed by atoms with E-state index in [2.05, 4.69) is 38.2 Å². The van der Waals surface area contributed by atoms with Crippen molar-refractivity contribution in [2.75, 3.05) is 19.8 Å². The summed E-state index contributed by atoms with van der Waals surface area (Å²) >= 11 is 0. The van der Waals surface area contributed by atoms with Crippen molar-refractivity contribution in [3.05, 3.63) is 12.2 Å². The minimum absolute atomic E-state index is 0.0256. The van der Waals surface area contributed by atoms with Gasteiger partial charge in [0, 0.05) is 25.8 Å². The Hall–Kier alpha value is -1.58. The number of carbonyl (C=O) groups excluding carboxylic acids is 3. The Balaban J connectivity index is 4.69. The summed E-state index contributed by atoms with van der Waals surface area (Å²) in [6.45, 7) is 5.74. The lowest BCUT2D eigenvalue weighted by Gasteiger charge is -2.23. The summed E-state index contributed by atoms with van der Waals surface area (Å²) in [5.74, 6) is -1.23. The molecule has 3 atom stereocenters. The van der Waals surface area contributed by atoms with Crippen molar-refractivity contribution in [1.82, 2.24) is 5.32 Å². The van der Waals surface area contributed by atoms with Gasteiger partial charge in [0.05, 0.1) is 13.2 Å². The van der Waals surface area contributed by atoms with Crippen LogP contribution in [0, 0.1) is 0 Å². The normalized spacial score (nSPS) is 13.7. The van der Waals surface area contributed by atoms with Crippen LogP contribution in [0.2, 0.25) is 0 Å². The summed E-state index contributed by atoms with van der Waals surface area (Å²) in [6.07, 6.45) is 39.8. The number of Topliss-reactive ketones (excluding diaryl/α,β-unsaturated/α-hetero) is 1. The minimum atomic E-state index is -4.63. The number of hydrogen-bond donors (Lipinski definition) is 3. The summed E-state index contributed by atoms with van der Waals surface area (Å²) < 4.78 is 28.4. The van der Waals surface area contributed by atoms with Crippen molar-refractivity contribution >= 4 is 25.5 Å². The van der Waals surface area contributed by atoms with Crippen LogP contribution in [0.25, 0.3) is 0 Å². The number of carbonyl (C=O) groups is 3.